The molecule has 21 heavy (non-hydrogen) atoms. The fourth-order valence-corrected chi connectivity index (χ4v) is 1.48. The van der Waals surface area contributed by atoms with E-state index in [1.54, 1.807) is 12.1 Å². The number of amides is 1. The van der Waals surface area contributed by atoms with Gasteiger partial charge in [-0.05, 0) is 24.3 Å². The summed E-state index contributed by atoms with van der Waals surface area (Å²) < 4.78 is 0. The molecule has 0 aliphatic rings. The molecule has 0 spiro atoms. The van der Waals surface area contributed by atoms with E-state index in [0.29, 0.717) is 5.69 Å². The average molecular weight is 287 g/mol. The van der Waals surface area contributed by atoms with Crippen LogP contribution in [0.4, 0.5) is 23.0 Å². The summed E-state index contributed by atoms with van der Waals surface area (Å²) in [5, 5.41) is 29.0. The molecule has 0 bridgehead atoms. The summed E-state index contributed by atoms with van der Waals surface area (Å²) in [6, 6.07) is 7.31. The zero-order chi connectivity index (χ0) is 15.4. The number of aromatic nitrogens is 1. The number of rotatable bonds is 3. The number of pyridine rings is 1. The zero-order valence-corrected chi connectivity index (χ0v) is 11.1. The molecule has 1 aromatic carbocycles. The highest BCUT2D eigenvalue weighted by Crippen LogP contribution is 2.32. The van der Waals surface area contributed by atoms with Gasteiger partial charge in [0.15, 0.2) is 17.4 Å². The van der Waals surface area contributed by atoms with Crippen molar-refractivity contribution < 1.29 is 15.0 Å². The van der Waals surface area contributed by atoms with Crippen LogP contribution in [0.3, 0.4) is 0 Å². The number of hydrogen-bond acceptors (Lipinski definition) is 7. The van der Waals surface area contributed by atoms with Crippen LogP contribution in [0.15, 0.2) is 40.6 Å². The number of aromatic hydroxyl groups is 2. The van der Waals surface area contributed by atoms with Gasteiger partial charge < -0.3 is 21.3 Å². The quantitative estimate of drug-likeness (QED) is 0.643. The predicted molar refractivity (Wildman–Crippen MR) is 76.9 cm³/mol. The molecule has 1 aromatic heterocycles. The van der Waals surface area contributed by atoms with Crippen LogP contribution in [0, 0.1) is 0 Å². The van der Waals surface area contributed by atoms with E-state index in [1.807, 2.05) is 0 Å². The van der Waals surface area contributed by atoms with E-state index in [9.17, 15) is 9.90 Å². The van der Waals surface area contributed by atoms with Crippen molar-refractivity contribution in [2.75, 3.05) is 11.1 Å². The smallest absolute Gasteiger partial charge is 0.222 e. The number of phenols is 1. The third-order valence-electron chi connectivity index (χ3n) is 2.43. The van der Waals surface area contributed by atoms with Gasteiger partial charge in [-0.25, -0.2) is 4.98 Å². The maximum absolute atomic E-state index is 10.9. The number of carbonyl (C=O) groups excluding carboxylic acids is 1. The van der Waals surface area contributed by atoms with Crippen LogP contribution in [0.2, 0.25) is 0 Å². The molecule has 2 aromatic rings. The number of benzene rings is 1. The van der Waals surface area contributed by atoms with E-state index < -0.39 is 0 Å². The van der Waals surface area contributed by atoms with Gasteiger partial charge in [0.1, 0.15) is 11.4 Å². The minimum absolute atomic E-state index is 0.0130. The molecule has 1 heterocycles. The van der Waals surface area contributed by atoms with Crippen LogP contribution in [-0.4, -0.2) is 21.1 Å². The molecule has 0 saturated carbocycles. The summed E-state index contributed by atoms with van der Waals surface area (Å²) >= 11 is 0. The van der Waals surface area contributed by atoms with Crippen LogP contribution < -0.4 is 11.1 Å². The van der Waals surface area contributed by atoms with Crippen molar-refractivity contribution in [1.29, 1.82) is 0 Å². The van der Waals surface area contributed by atoms with Gasteiger partial charge in [-0.3, -0.25) is 4.79 Å². The summed E-state index contributed by atoms with van der Waals surface area (Å²) in [6.45, 7) is 1.29. The minimum atomic E-state index is -0.379. The lowest BCUT2D eigenvalue weighted by Gasteiger charge is -2.06. The topological polar surface area (TPSA) is 133 Å². The van der Waals surface area contributed by atoms with Gasteiger partial charge in [0.2, 0.25) is 5.91 Å². The third kappa shape index (κ3) is 3.66. The Hall–Kier alpha value is -3.16. The maximum Gasteiger partial charge on any atom is 0.222 e. The Bertz CT molecular complexity index is 698. The van der Waals surface area contributed by atoms with Crippen LogP contribution in [0.5, 0.6) is 11.5 Å². The fraction of sp³-hybridized carbons (Fsp3) is 0.0769. The molecular weight excluding hydrogens is 274 g/mol. The molecule has 5 N–H and O–H groups in total. The summed E-state index contributed by atoms with van der Waals surface area (Å²) in [5.41, 5.74) is 6.35. The van der Waals surface area contributed by atoms with Gasteiger partial charge in [0.05, 0.1) is 5.69 Å². The molecule has 0 radical (unpaired) electrons. The Morgan fingerprint density at radius 1 is 1.24 bits per heavy atom. The molecule has 0 atom stereocenters. The summed E-state index contributed by atoms with van der Waals surface area (Å²) in [7, 11) is 0. The molecule has 0 fully saturated rings. The molecule has 0 aliphatic heterocycles. The number of anilines is 2. The lowest BCUT2D eigenvalue weighted by atomic mass is 10.3. The first kappa shape index (κ1) is 14.3. The predicted octanol–water partition coefficient (Wildman–Crippen LogP) is 2.45. The summed E-state index contributed by atoms with van der Waals surface area (Å²) in [6.07, 6.45) is 0. The van der Waals surface area contributed by atoms with Crippen LogP contribution in [0.1, 0.15) is 6.92 Å². The molecule has 108 valence electrons. The van der Waals surface area contributed by atoms with Gasteiger partial charge in [-0.15, -0.1) is 5.11 Å². The van der Waals surface area contributed by atoms with Crippen molar-refractivity contribution in [2.45, 2.75) is 6.92 Å². The Balaban J connectivity index is 2.26. The van der Waals surface area contributed by atoms with Crippen molar-refractivity contribution in [3.63, 3.8) is 0 Å². The van der Waals surface area contributed by atoms with E-state index in [2.05, 4.69) is 20.5 Å². The second-order valence-electron chi connectivity index (χ2n) is 4.16. The van der Waals surface area contributed by atoms with E-state index in [0.717, 1.165) is 0 Å². The Morgan fingerprint density at radius 3 is 2.52 bits per heavy atom. The normalized spacial score (nSPS) is 10.7. The molecule has 0 unspecified atom stereocenters. The number of phenolic OH excluding ortho intramolecular Hbond substituents is 1. The second-order valence-corrected chi connectivity index (χ2v) is 4.16. The minimum Gasteiger partial charge on any atom is -0.508 e. The molecule has 1 amide bonds. The number of nitrogens with one attached hydrogen (secondary N) is 1. The molecule has 0 aliphatic carbocycles. The van der Waals surface area contributed by atoms with E-state index in [1.165, 1.54) is 25.1 Å². The monoisotopic (exact) mass is 287 g/mol. The van der Waals surface area contributed by atoms with Crippen molar-refractivity contribution in [2.24, 2.45) is 10.2 Å². The fourth-order valence-electron chi connectivity index (χ4n) is 1.48. The van der Waals surface area contributed by atoms with Gasteiger partial charge in [-0.1, -0.05) is 0 Å². The van der Waals surface area contributed by atoms with Gasteiger partial charge in [-0.2, -0.15) is 5.11 Å². The van der Waals surface area contributed by atoms with E-state index in [-0.39, 0.29) is 34.7 Å². The van der Waals surface area contributed by atoms with Gasteiger partial charge in [0.25, 0.3) is 0 Å². The standard InChI is InChI=1S/C13H13N5O3/c1-7(19)15-13-11(21)6-10(12(14)16-13)18-17-8-2-4-9(20)5-3-8/h2-6,20-21H,1H3,(H3,14,15,16,19)/b18-17+. The second kappa shape index (κ2) is 5.87. The van der Waals surface area contributed by atoms with Gasteiger partial charge in [0, 0.05) is 13.0 Å². The largest absolute Gasteiger partial charge is 0.508 e. The first-order valence-corrected chi connectivity index (χ1v) is 5.93. The Kier molecular flexibility index (Phi) is 3.98. The van der Waals surface area contributed by atoms with E-state index >= 15 is 0 Å². The molecule has 2 rings (SSSR count). The summed E-state index contributed by atoms with van der Waals surface area (Å²) in [5.74, 6) is -0.551. The SMILES string of the molecule is CC(=O)Nc1nc(N)c(/N=N/c2ccc(O)cc2)cc1O. The van der Waals surface area contributed by atoms with Crippen LogP contribution in [-0.2, 0) is 4.79 Å². The maximum atomic E-state index is 10.9. The van der Waals surface area contributed by atoms with Crippen molar-refractivity contribution in [3.05, 3.63) is 30.3 Å². The first-order valence-electron chi connectivity index (χ1n) is 5.93. The van der Waals surface area contributed by atoms with Crippen molar-refractivity contribution in [3.8, 4) is 11.5 Å². The number of nitrogen functional groups attached to an aromatic ring is 1. The highest BCUT2D eigenvalue weighted by atomic mass is 16.3. The van der Waals surface area contributed by atoms with Crippen LogP contribution in [0.25, 0.3) is 0 Å². The highest BCUT2D eigenvalue weighted by Gasteiger charge is 2.10. The van der Waals surface area contributed by atoms with Gasteiger partial charge >= 0.3 is 0 Å². The van der Waals surface area contributed by atoms with E-state index in [4.69, 9.17) is 10.8 Å². The third-order valence-corrected chi connectivity index (χ3v) is 2.43. The molecule has 0 saturated heterocycles. The Morgan fingerprint density at radius 2 is 1.90 bits per heavy atom. The van der Waals surface area contributed by atoms with Crippen LogP contribution >= 0.6 is 0 Å². The number of hydrogen-bond donors (Lipinski definition) is 4. The number of carbonyl (C=O) groups is 1. The van der Waals surface area contributed by atoms with Crippen molar-refractivity contribution >= 4 is 28.9 Å². The lowest BCUT2D eigenvalue weighted by Crippen LogP contribution is -2.08. The average Bonchev–Trinajstić information content (AvgIpc) is 2.42. The van der Waals surface area contributed by atoms with Crippen molar-refractivity contribution in [1.82, 2.24) is 4.98 Å². The molecular formula is C13H13N5O3. The zero-order valence-electron chi connectivity index (χ0n) is 11.1. The Labute approximate surface area is 120 Å². The molecule has 8 nitrogen and oxygen atoms in total. The number of nitrogens with two attached hydrogens (primary N) is 1. The number of nitrogens with zero attached hydrogens (tertiary/aromatic N) is 3. The summed E-state index contributed by atoms with van der Waals surface area (Å²) in [4.78, 5) is 14.8. The first-order chi connectivity index (χ1) is 9.95. The highest BCUT2D eigenvalue weighted by molar-refractivity contribution is 5.89. The number of azo groups is 1. The lowest BCUT2D eigenvalue weighted by molar-refractivity contribution is -0.114. The molecule has 8 heteroatoms.